The summed E-state index contributed by atoms with van der Waals surface area (Å²) in [5, 5.41) is 22.0. The van der Waals surface area contributed by atoms with Gasteiger partial charge in [0.1, 0.15) is 36.9 Å². The van der Waals surface area contributed by atoms with Crippen molar-refractivity contribution in [3.05, 3.63) is 46.0 Å². The quantitative estimate of drug-likeness (QED) is 0.0700. The zero-order valence-electron chi connectivity index (χ0n) is 22.7. The molecule has 0 aromatic carbocycles. The van der Waals surface area contributed by atoms with Crippen LogP contribution >= 0.6 is 16.9 Å². The number of aromatic nitrogens is 8. The minimum Gasteiger partial charge on any atom is -0.390 e. The third kappa shape index (κ3) is 6.00. The van der Waals surface area contributed by atoms with Gasteiger partial charge in [0.15, 0.2) is 37.6 Å². The predicted octanol–water partition coefficient (Wildman–Crippen LogP) is -2.01. The van der Waals surface area contributed by atoms with Gasteiger partial charge in [-0.1, -0.05) is 0 Å². The first-order valence-corrected chi connectivity index (χ1v) is 15.6. The number of aromatic amines is 2. The molecule has 2 aliphatic rings. The number of imidazole rings is 2. The summed E-state index contributed by atoms with van der Waals surface area (Å²) in [4.78, 5) is 76.2. The second-order valence-electron chi connectivity index (χ2n) is 10.0. The number of fused-ring (bicyclic) bond motifs is 2. The maximum absolute atomic E-state index is 13.1. The highest BCUT2D eigenvalue weighted by atomic mass is 31.2. The lowest BCUT2D eigenvalue weighted by molar-refractivity contribution is -0.110. The third-order valence-corrected chi connectivity index (χ3v) is 8.71. The smallest absolute Gasteiger partial charge is 0.390 e. The number of aldehydes is 1. The van der Waals surface area contributed by atoms with E-state index < -0.39 is 83.5 Å². The highest BCUT2D eigenvalue weighted by molar-refractivity contribution is 7.47. The maximum atomic E-state index is 13.1. The van der Waals surface area contributed by atoms with Gasteiger partial charge in [-0.25, -0.2) is 24.5 Å². The molecule has 242 valence electrons. The normalized spacial score (nSPS) is 30.1. The number of nitrogens with one attached hydrogen (secondary N) is 2. The lowest BCUT2D eigenvalue weighted by Gasteiger charge is -2.24. The van der Waals surface area contributed by atoms with Crippen molar-refractivity contribution in [3.8, 4) is 0 Å². The Morgan fingerprint density at radius 3 is 2.13 bits per heavy atom. The molecule has 2 aliphatic heterocycles. The van der Waals surface area contributed by atoms with Crippen molar-refractivity contribution in [1.82, 2.24) is 39.0 Å². The molecular formula is C22H26N8O13P2. The van der Waals surface area contributed by atoms with E-state index in [2.05, 4.69) is 29.9 Å². The fourth-order valence-corrected chi connectivity index (χ4v) is 6.57. The zero-order chi connectivity index (χ0) is 31.9. The molecular weight excluding hydrogens is 646 g/mol. The maximum Gasteiger partial charge on any atom is 0.472 e. The molecule has 0 amide bonds. The van der Waals surface area contributed by atoms with E-state index in [-0.39, 0.29) is 35.4 Å². The Kier molecular flexibility index (Phi) is 9.01. The first-order chi connectivity index (χ1) is 21.6. The summed E-state index contributed by atoms with van der Waals surface area (Å²) < 4.78 is 42.8. The van der Waals surface area contributed by atoms with E-state index in [1.54, 1.807) is 0 Å². The standard InChI is InChI=1S/C22H26N8O13P2/c31-2-1-9-14(32)10(41-21(9)29-7-27-12-17(29)23-5-25-19(12)34)4-40-45(37,38)43-16-11(3-39-44-36)42-22(15(16)33)30-8-28-13-18(30)24-6-26-20(13)35/h2,5-11,14-16,21-22,32-33,36,44H,1,3-4H2,(H,37,38)(H,23,25,34)(H,24,26,35)/t9-,10-,11-,14+,15-,16-,21-,22-/m1/s1. The van der Waals surface area contributed by atoms with Crippen LogP contribution in [0.5, 0.6) is 0 Å². The summed E-state index contributed by atoms with van der Waals surface area (Å²) in [6, 6.07) is 0. The van der Waals surface area contributed by atoms with E-state index in [0.717, 1.165) is 12.7 Å². The van der Waals surface area contributed by atoms with Crippen LogP contribution in [-0.2, 0) is 32.4 Å². The zero-order valence-corrected chi connectivity index (χ0v) is 24.6. The van der Waals surface area contributed by atoms with E-state index in [1.807, 2.05) is 0 Å². The van der Waals surface area contributed by atoms with E-state index >= 15 is 0 Å². The van der Waals surface area contributed by atoms with Gasteiger partial charge in [-0.05, 0) is 0 Å². The van der Waals surface area contributed by atoms with Crippen molar-refractivity contribution in [2.24, 2.45) is 5.92 Å². The Morgan fingerprint density at radius 2 is 1.53 bits per heavy atom. The third-order valence-electron chi connectivity index (χ3n) is 7.43. The largest absolute Gasteiger partial charge is 0.472 e. The fourth-order valence-electron chi connectivity index (χ4n) is 5.37. The van der Waals surface area contributed by atoms with E-state index in [1.165, 1.54) is 21.8 Å². The van der Waals surface area contributed by atoms with Crippen molar-refractivity contribution < 1.29 is 52.4 Å². The summed E-state index contributed by atoms with van der Waals surface area (Å²) in [7, 11) is -6.01. The number of rotatable bonds is 12. The van der Waals surface area contributed by atoms with Gasteiger partial charge in [-0.15, -0.1) is 0 Å². The minimum absolute atomic E-state index is 0.00409. The summed E-state index contributed by atoms with van der Waals surface area (Å²) in [5.74, 6) is -0.869. The van der Waals surface area contributed by atoms with Crippen molar-refractivity contribution in [3.63, 3.8) is 0 Å². The van der Waals surface area contributed by atoms with Crippen LogP contribution in [0.15, 0.2) is 34.9 Å². The number of hydrogen-bond acceptors (Lipinski definition) is 16. The number of nitrogens with zero attached hydrogens (tertiary/aromatic N) is 6. The second kappa shape index (κ2) is 12.8. The van der Waals surface area contributed by atoms with Gasteiger partial charge in [0, 0.05) is 12.3 Å². The SMILES string of the molecule is O=CC[C@@H]1[C@H](O)[C@@H](COP(=O)(O)O[C@H]2[C@@H](O)[C@H](n3cnc4c(=O)[nH]cnc43)O[C@@H]2COPO)O[C@H]1n1cnc2c(=O)[nH]cnc21. The molecule has 45 heavy (non-hydrogen) atoms. The van der Waals surface area contributed by atoms with Gasteiger partial charge in [0.25, 0.3) is 11.1 Å². The molecule has 0 saturated carbocycles. The highest BCUT2D eigenvalue weighted by Gasteiger charge is 2.50. The number of phosphoric ester groups is 1. The summed E-state index contributed by atoms with van der Waals surface area (Å²) >= 11 is 0. The van der Waals surface area contributed by atoms with Crippen LogP contribution in [-0.4, -0.2) is 109 Å². The lowest BCUT2D eigenvalue weighted by atomic mass is 9.97. The molecule has 4 aromatic heterocycles. The van der Waals surface area contributed by atoms with Gasteiger partial charge in [0.05, 0.1) is 44.6 Å². The van der Waals surface area contributed by atoms with E-state index in [4.69, 9.17) is 27.9 Å². The number of aliphatic hydroxyl groups is 2. The summed E-state index contributed by atoms with van der Waals surface area (Å²) in [6.07, 6.45) is -4.30. The molecule has 4 aromatic rings. The molecule has 2 fully saturated rings. The number of hydrogen-bond donors (Lipinski definition) is 6. The molecule has 0 radical (unpaired) electrons. The van der Waals surface area contributed by atoms with E-state index in [9.17, 15) is 34.1 Å². The Balaban J connectivity index is 1.18. The average molecular weight is 672 g/mol. The Morgan fingerprint density at radius 1 is 0.933 bits per heavy atom. The molecule has 0 aliphatic carbocycles. The Bertz CT molecular complexity index is 1850. The van der Waals surface area contributed by atoms with Gasteiger partial charge in [-0.3, -0.25) is 27.8 Å². The van der Waals surface area contributed by atoms with Crippen molar-refractivity contribution in [2.75, 3.05) is 13.2 Å². The second-order valence-corrected chi connectivity index (χ2v) is 11.9. The van der Waals surface area contributed by atoms with Gasteiger partial charge < -0.3 is 48.8 Å². The molecule has 6 heterocycles. The van der Waals surface area contributed by atoms with Gasteiger partial charge in [0.2, 0.25) is 0 Å². The average Bonchev–Trinajstić information content (AvgIpc) is 3.77. The van der Waals surface area contributed by atoms with Crippen molar-refractivity contribution >= 4 is 45.5 Å². The molecule has 6 N–H and O–H groups in total. The molecule has 21 nitrogen and oxygen atoms in total. The predicted molar refractivity (Wildman–Crippen MR) is 147 cm³/mol. The number of carbonyl (C=O) groups excluding carboxylic acids is 1. The lowest BCUT2D eigenvalue weighted by Crippen LogP contribution is -2.36. The minimum atomic E-state index is -5.04. The van der Waals surface area contributed by atoms with Gasteiger partial charge in [-0.2, -0.15) is 0 Å². The number of ether oxygens (including phenoxy) is 2. The summed E-state index contributed by atoms with van der Waals surface area (Å²) in [6.45, 7) is -1.07. The van der Waals surface area contributed by atoms with Crippen LogP contribution in [0, 0.1) is 5.92 Å². The van der Waals surface area contributed by atoms with Crippen LogP contribution in [0.25, 0.3) is 22.3 Å². The number of aliphatic hydroxyl groups excluding tert-OH is 2. The molecule has 2 saturated heterocycles. The first kappa shape index (κ1) is 31.6. The molecule has 23 heteroatoms. The number of H-pyrrole nitrogens is 2. The number of phosphoric acid groups is 1. The highest BCUT2D eigenvalue weighted by Crippen LogP contribution is 2.50. The van der Waals surface area contributed by atoms with Crippen molar-refractivity contribution in [2.45, 2.75) is 49.4 Å². The molecule has 10 atom stereocenters. The fraction of sp³-hybridized carbons (Fsp3) is 0.500. The van der Waals surface area contributed by atoms with Crippen molar-refractivity contribution in [1.29, 1.82) is 0 Å². The van der Waals surface area contributed by atoms with Crippen LogP contribution in [0.1, 0.15) is 18.9 Å². The van der Waals surface area contributed by atoms with Crippen LogP contribution < -0.4 is 11.1 Å². The first-order valence-electron chi connectivity index (χ1n) is 13.2. The van der Waals surface area contributed by atoms with Crippen LogP contribution in [0.3, 0.4) is 0 Å². The molecule has 6 rings (SSSR count). The van der Waals surface area contributed by atoms with Crippen LogP contribution in [0.2, 0.25) is 0 Å². The topological polar surface area (TPSA) is 288 Å². The monoisotopic (exact) mass is 672 g/mol. The molecule has 0 spiro atoms. The molecule has 0 bridgehead atoms. The van der Waals surface area contributed by atoms with Gasteiger partial charge >= 0.3 is 7.82 Å². The summed E-state index contributed by atoms with van der Waals surface area (Å²) in [5.41, 5.74) is -0.947. The Hall–Kier alpha value is -3.33. The molecule has 2 unspecified atom stereocenters. The Labute approximate surface area is 251 Å². The number of carbonyl (C=O) groups is 1. The van der Waals surface area contributed by atoms with Crippen LogP contribution in [0.4, 0.5) is 0 Å². The van der Waals surface area contributed by atoms with E-state index in [0.29, 0.717) is 6.29 Å².